The van der Waals surface area contributed by atoms with E-state index >= 15 is 8.78 Å². The van der Waals surface area contributed by atoms with Crippen molar-refractivity contribution >= 4 is 22.5 Å². The van der Waals surface area contributed by atoms with Crippen LogP contribution >= 0.6 is 0 Å². The Hall–Kier alpha value is -4.51. The summed E-state index contributed by atoms with van der Waals surface area (Å²) >= 11 is 0. The third-order valence-electron chi connectivity index (χ3n) is 5.60. The Morgan fingerprint density at radius 2 is 1.72 bits per heavy atom. The highest BCUT2D eigenvalue weighted by Crippen LogP contribution is 2.38. The molecular weight excluding hydrogens is 510 g/mol. The molecule has 2 N–H and O–H groups in total. The van der Waals surface area contributed by atoms with E-state index in [-0.39, 0.29) is 22.7 Å². The zero-order valence-corrected chi connectivity index (χ0v) is 21.7. The van der Waals surface area contributed by atoms with Gasteiger partial charge in [-0.25, -0.2) is 4.39 Å². The minimum Gasteiger partial charge on any atom is -0.493 e. The molecule has 2 aromatic heterocycles. The fraction of sp³-hybridized carbons (Fsp3) is 0.250. The Morgan fingerprint density at radius 1 is 0.923 bits per heavy atom. The van der Waals surface area contributed by atoms with E-state index in [0.717, 1.165) is 6.42 Å². The van der Waals surface area contributed by atoms with E-state index in [9.17, 15) is 4.79 Å². The quantitative estimate of drug-likeness (QED) is 0.233. The van der Waals surface area contributed by atoms with Gasteiger partial charge in [-0.3, -0.25) is 14.8 Å². The minimum atomic E-state index is -1.28. The average Bonchev–Trinajstić information content (AvgIpc) is 2.95. The molecule has 0 saturated heterocycles. The minimum absolute atomic E-state index is 0.0950. The second-order valence-corrected chi connectivity index (χ2v) is 8.30. The third-order valence-corrected chi connectivity index (χ3v) is 5.60. The first-order valence-electron chi connectivity index (χ1n) is 12.2. The highest BCUT2D eigenvalue weighted by molar-refractivity contribution is 6.06. The molecule has 0 radical (unpaired) electrons. The Bertz CT molecular complexity index is 1470. The third kappa shape index (κ3) is 6.32. The van der Waals surface area contributed by atoms with Crippen LogP contribution in [-0.2, 0) is 0 Å². The molecule has 1 amide bonds. The van der Waals surface area contributed by atoms with Crippen LogP contribution in [0.5, 0.6) is 28.7 Å². The van der Waals surface area contributed by atoms with Crippen LogP contribution in [-0.4, -0.2) is 49.8 Å². The van der Waals surface area contributed by atoms with E-state index in [1.54, 1.807) is 12.1 Å². The number of rotatable bonds is 12. The number of hydrogen-bond donors (Lipinski definition) is 2. The van der Waals surface area contributed by atoms with Gasteiger partial charge >= 0.3 is 0 Å². The van der Waals surface area contributed by atoms with E-state index in [0.29, 0.717) is 47.9 Å². The summed E-state index contributed by atoms with van der Waals surface area (Å²) in [4.78, 5) is 21.0. The summed E-state index contributed by atoms with van der Waals surface area (Å²) in [7, 11) is 3.31. The molecule has 4 aromatic rings. The molecule has 39 heavy (non-hydrogen) atoms. The number of aromatic nitrogens is 2. The standard InChI is InChI=1S/C28H28F2N4O5/c1-4-12-37-21-7-9-32-16-18(21)28(35)34-19-5-6-23(27(30)26(19)29)39-22-8-10-33-20-15-25(38-13-11-31-2)24(36-3)14-17(20)22/h5-10,14-16,31H,4,11-13H2,1-3H3,(H,34,35). The molecule has 11 heteroatoms. The summed E-state index contributed by atoms with van der Waals surface area (Å²) in [6.07, 6.45) is 4.99. The van der Waals surface area contributed by atoms with Gasteiger partial charge in [-0.1, -0.05) is 6.92 Å². The first kappa shape index (κ1) is 27.5. The largest absolute Gasteiger partial charge is 0.493 e. The maximum Gasteiger partial charge on any atom is 0.261 e. The number of amides is 1. The topological polar surface area (TPSA) is 104 Å². The Labute approximate surface area is 224 Å². The number of fused-ring (bicyclic) bond motifs is 1. The maximum absolute atomic E-state index is 15.1. The molecule has 0 fully saturated rings. The highest BCUT2D eigenvalue weighted by Gasteiger charge is 2.20. The second-order valence-electron chi connectivity index (χ2n) is 8.30. The molecular formula is C28H28F2N4O5. The lowest BCUT2D eigenvalue weighted by Crippen LogP contribution is -2.16. The van der Waals surface area contributed by atoms with Crippen LogP contribution in [0.3, 0.4) is 0 Å². The van der Waals surface area contributed by atoms with E-state index in [1.165, 1.54) is 50.0 Å². The van der Waals surface area contributed by atoms with Gasteiger partial charge in [0, 0.05) is 36.6 Å². The van der Waals surface area contributed by atoms with Gasteiger partial charge in [-0.15, -0.1) is 0 Å². The summed E-state index contributed by atoms with van der Waals surface area (Å²) < 4.78 is 52.6. The summed E-state index contributed by atoms with van der Waals surface area (Å²) in [5.41, 5.74) is 0.243. The van der Waals surface area contributed by atoms with Gasteiger partial charge < -0.3 is 29.6 Å². The Morgan fingerprint density at radius 3 is 2.49 bits per heavy atom. The van der Waals surface area contributed by atoms with E-state index in [2.05, 4.69) is 20.6 Å². The van der Waals surface area contributed by atoms with E-state index in [4.69, 9.17) is 18.9 Å². The van der Waals surface area contributed by atoms with Crippen LogP contribution in [0.15, 0.2) is 55.0 Å². The molecule has 0 saturated carbocycles. The average molecular weight is 539 g/mol. The van der Waals surface area contributed by atoms with Crippen LogP contribution in [0.25, 0.3) is 10.9 Å². The van der Waals surface area contributed by atoms with Crippen LogP contribution in [0, 0.1) is 11.6 Å². The number of nitrogens with one attached hydrogen (secondary N) is 2. The van der Waals surface area contributed by atoms with Gasteiger partial charge in [0.2, 0.25) is 5.82 Å². The van der Waals surface area contributed by atoms with Crippen molar-refractivity contribution in [3.05, 3.63) is 72.2 Å². The number of benzene rings is 2. The molecule has 2 heterocycles. The van der Waals surface area contributed by atoms with Gasteiger partial charge in [-0.05, 0) is 43.8 Å². The molecule has 0 unspecified atom stereocenters. The molecule has 0 aliphatic rings. The number of likely N-dealkylation sites (N-methyl/N-ethyl adjacent to an activating group) is 1. The maximum atomic E-state index is 15.1. The number of methoxy groups -OCH3 is 1. The lowest BCUT2D eigenvalue weighted by Gasteiger charge is -2.15. The molecule has 9 nitrogen and oxygen atoms in total. The van der Waals surface area contributed by atoms with Gasteiger partial charge in [0.05, 0.1) is 30.5 Å². The molecule has 0 aliphatic carbocycles. The predicted molar refractivity (Wildman–Crippen MR) is 142 cm³/mol. The van der Waals surface area contributed by atoms with E-state index in [1.807, 2.05) is 14.0 Å². The first-order chi connectivity index (χ1) is 19.0. The first-order valence-corrected chi connectivity index (χ1v) is 12.2. The Balaban J connectivity index is 1.58. The number of ether oxygens (including phenoxy) is 4. The molecule has 0 bridgehead atoms. The van der Waals surface area contributed by atoms with Gasteiger partial charge in [-0.2, -0.15) is 4.39 Å². The van der Waals surface area contributed by atoms with Crippen molar-refractivity contribution in [1.82, 2.24) is 15.3 Å². The zero-order chi connectivity index (χ0) is 27.8. The van der Waals surface area contributed by atoms with Crippen molar-refractivity contribution in [2.45, 2.75) is 13.3 Å². The summed E-state index contributed by atoms with van der Waals surface area (Å²) in [5.74, 6) is -2.19. The van der Waals surface area contributed by atoms with Crippen LogP contribution in [0.4, 0.5) is 14.5 Å². The van der Waals surface area contributed by atoms with Crippen LogP contribution in [0.2, 0.25) is 0 Å². The number of hydrogen-bond acceptors (Lipinski definition) is 8. The summed E-state index contributed by atoms with van der Waals surface area (Å²) in [5, 5.41) is 5.87. The number of carbonyl (C=O) groups excluding carboxylic acids is 1. The van der Waals surface area contributed by atoms with Crippen molar-refractivity contribution in [1.29, 1.82) is 0 Å². The lowest BCUT2D eigenvalue weighted by molar-refractivity contribution is 0.102. The fourth-order valence-electron chi connectivity index (χ4n) is 3.66. The van der Waals surface area contributed by atoms with Crippen molar-refractivity contribution in [2.75, 3.05) is 39.2 Å². The van der Waals surface area contributed by atoms with Gasteiger partial charge in [0.15, 0.2) is 23.1 Å². The Kier molecular flexibility index (Phi) is 9.06. The molecule has 0 atom stereocenters. The van der Waals surface area contributed by atoms with Gasteiger partial charge in [0.25, 0.3) is 5.91 Å². The van der Waals surface area contributed by atoms with Crippen molar-refractivity contribution in [3.8, 4) is 28.7 Å². The second kappa shape index (κ2) is 12.8. The number of halogens is 2. The number of anilines is 1. The molecule has 0 aliphatic heterocycles. The molecule has 2 aromatic carbocycles. The summed E-state index contributed by atoms with van der Waals surface area (Å²) in [6.45, 7) is 3.36. The van der Waals surface area contributed by atoms with Crippen molar-refractivity contribution in [2.24, 2.45) is 0 Å². The smallest absolute Gasteiger partial charge is 0.261 e. The van der Waals surface area contributed by atoms with Crippen molar-refractivity contribution in [3.63, 3.8) is 0 Å². The lowest BCUT2D eigenvalue weighted by atomic mass is 10.1. The van der Waals surface area contributed by atoms with Gasteiger partial charge in [0.1, 0.15) is 18.1 Å². The SMILES string of the molecule is CCCOc1ccncc1C(=O)Nc1ccc(Oc2ccnc3cc(OCCNC)c(OC)cc23)c(F)c1F. The van der Waals surface area contributed by atoms with Crippen LogP contribution < -0.4 is 29.6 Å². The molecule has 4 rings (SSSR count). The van der Waals surface area contributed by atoms with Crippen LogP contribution in [0.1, 0.15) is 23.7 Å². The normalized spacial score (nSPS) is 10.8. The number of carbonyl (C=O) groups is 1. The van der Waals surface area contributed by atoms with E-state index < -0.39 is 17.5 Å². The highest BCUT2D eigenvalue weighted by atomic mass is 19.2. The van der Waals surface area contributed by atoms with Crippen molar-refractivity contribution < 1.29 is 32.5 Å². The molecule has 0 spiro atoms. The number of pyridine rings is 2. The summed E-state index contributed by atoms with van der Waals surface area (Å²) in [6, 6.07) is 8.84. The number of nitrogens with zero attached hydrogens (tertiary/aromatic N) is 2. The molecule has 204 valence electrons. The predicted octanol–water partition coefficient (Wildman–Crippen LogP) is 5.35. The monoisotopic (exact) mass is 538 g/mol. The zero-order valence-electron chi connectivity index (χ0n) is 21.7. The fourth-order valence-corrected chi connectivity index (χ4v) is 3.66.